The first-order valence-electron chi connectivity index (χ1n) is 8.95. The second-order valence-electron chi connectivity index (χ2n) is 8.67. The lowest BCUT2D eigenvalue weighted by atomic mass is 9.70. The molecule has 3 nitrogen and oxygen atoms in total. The number of hydrogen-bond donors (Lipinski definition) is 2. The van der Waals surface area contributed by atoms with Crippen molar-refractivity contribution in [1.29, 1.82) is 0 Å². The smallest absolute Gasteiger partial charge is 0.0897 e. The van der Waals surface area contributed by atoms with Gasteiger partial charge in [-0.3, -0.25) is 0 Å². The van der Waals surface area contributed by atoms with Crippen molar-refractivity contribution in [3.8, 4) is 0 Å². The molecule has 0 saturated heterocycles. The van der Waals surface area contributed by atoms with Crippen molar-refractivity contribution in [3.63, 3.8) is 0 Å². The van der Waals surface area contributed by atoms with E-state index in [0.29, 0.717) is 30.7 Å². The van der Waals surface area contributed by atoms with Crippen LogP contribution in [0.1, 0.15) is 65.7 Å². The number of rotatable bonds is 6. The Morgan fingerprint density at radius 2 is 1.86 bits per heavy atom. The Balaban J connectivity index is 0.00000176. The number of ether oxygens (including phenoxy) is 1. The molecule has 22 heavy (non-hydrogen) atoms. The number of halogens is 1. The average molecular weight is 332 g/mol. The molecule has 0 aliphatic heterocycles. The Bertz CT molecular complexity index is 365. The first-order chi connectivity index (χ1) is 9.92. The van der Waals surface area contributed by atoms with E-state index in [4.69, 9.17) is 4.74 Å². The summed E-state index contributed by atoms with van der Waals surface area (Å²) in [7, 11) is 0. The molecule has 130 valence electrons. The molecule has 3 aliphatic rings. The maximum Gasteiger partial charge on any atom is 0.0897 e. The molecule has 3 saturated carbocycles. The number of fused-ring (bicyclic) bond motifs is 2. The van der Waals surface area contributed by atoms with Gasteiger partial charge in [-0.1, -0.05) is 33.6 Å². The van der Waals surface area contributed by atoms with Crippen LogP contribution in [0.4, 0.5) is 0 Å². The number of nitrogens with one attached hydrogen (secondary N) is 1. The van der Waals surface area contributed by atoms with Crippen molar-refractivity contribution < 1.29 is 9.84 Å². The van der Waals surface area contributed by atoms with Gasteiger partial charge in [-0.25, -0.2) is 0 Å². The highest BCUT2D eigenvalue weighted by atomic mass is 35.5. The zero-order chi connectivity index (χ0) is 15.1. The number of hydrogen-bond acceptors (Lipinski definition) is 3. The van der Waals surface area contributed by atoms with Crippen LogP contribution >= 0.6 is 12.4 Å². The molecule has 0 heterocycles. The SMILES string of the molecule is CC12CCC(C1)C(C)(C)C2OCC(O)CNC1CCCC1.Cl. The molecule has 2 N–H and O–H groups in total. The molecule has 3 aliphatic carbocycles. The molecule has 2 bridgehead atoms. The van der Waals surface area contributed by atoms with Gasteiger partial charge in [0, 0.05) is 12.6 Å². The molecule has 0 aromatic carbocycles. The fourth-order valence-corrected chi connectivity index (χ4v) is 5.37. The summed E-state index contributed by atoms with van der Waals surface area (Å²) in [4.78, 5) is 0. The van der Waals surface area contributed by atoms with E-state index in [2.05, 4.69) is 26.1 Å². The number of aliphatic hydroxyl groups is 1. The monoisotopic (exact) mass is 331 g/mol. The summed E-state index contributed by atoms with van der Waals surface area (Å²) in [6.07, 6.45) is 9.10. The molecule has 4 heteroatoms. The normalized spacial score (nSPS) is 38.2. The van der Waals surface area contributed by atoms with Gasteiger partial charge in [0.2, 0.25) is 0 Å². The maximum absolute atomic E-state index is 10.2. The molecule has 0 radical (unpaired) electrons. The zero-order valence-corrected chi connectivity index (χ0v) is 15.3. The van der Waals surface area contributed by atoms with Gasteiger partial charge in [0.25, 0.3) is 0 Å². The Kier molecular flexibility index (Phi) is 5.86. The summed E-state index contributed by atoms with van der Waals surface area (Å²) in [5, 5.41) is 13.7. The lowest BCUT2D eigenvalue weighted by molar-refractivity contribution is -0.110. The van der Waals surface area contributed by atoms with E-state index in [9.17, 15) is 5.11 Å². The predicted molar refractivity (Wildman–Crippen MR) is 92.5 cm³/mol. The molecular formula is C18H34ClNO2. The second kappa shape index (κ2) is 6.96. The van der Waals surface area contributed by atoms with Gasteiger partial charge in [-0.15, -0.1) is 12.4 Å². The van der Waals surface area contributed by atoms with E-state index in [-0.39, 0.29) is 23.9 Å². The van der Waals surface area contributed by atoms with Crippen LogP contribution in [0.2, 0.25) is 0 Å². The van der Waals surface area contributed by atoms with Gasteiger partial charge in [-0.2, -0.15) is 0 Å². The minimum Gasteiger partial charge on any atom is -0.389 e. The van der Waals surface area contributed by atoms with Gasteiger partial charge in [0.15, 0.2) is 0 Å². The van der Waals surface area contributed by atoms with Crippen LogP contribution in [-0.4, -0.2) is 36.5 Å². The summed E-state index contributed by atoms with van der Waals surface area (Å²) in [6.45, 7) is 8.26. The van der Waals surface area contributed by atoms with Gasteiger partial charge in [0.05, 0.1) is 18.8 Å². The predicted octanol–water partition coefficient (Wildman–Crippen LogP) is 3.53. The Labute approximate surface area is 142 Å². The van der Waals surface area contributed by atoms with E-state index in [1.807, 2.05) is 0 Å². The highest BCUT2D eigenvalue weighted by Gasteiger charge is 2.60. The van der Waals surface area contributed by atoms with Crippen LogP contribution in [0, 0.1) is 16.7 Å². The topological polar surface area (TPSA) is 41.5 Å². The summed E-state index contributed by atoms with van der Waals surface area (Å²) in [5.74, 6) is 0.807. The van der Waals surface area contributed by atoms with Crippen molar-refractivity contribution in [1.82, 2.24) is 5.32 Å². The highest BCUT2D eigenvalue weighted by molar-refractivity contribution is 5.85. The van der Waals surface area contributed by atoms with Gasteiger partial charge < -0.3 is 15.2 Å². The van der Waals surface area contributed by atoms with Crippen molar-refractivity contribution in [2.24, 2.45) is 16.7 Å². The molecule has 0 spiro atoms. The molecule has 0 aromatic rings. The highest BCUT2D eigenvalue weighted by Crippen LogP contribution is 2.63. The summed E-state index contributed by atoms with van der Waals surface area (Å²) in [6, 6.07) is 0.621. The fourth-order valence-electron chi connectivity index (χ4n) is 5.37. The van der Waals surface area contributed by atoms with E-state index in [1.165, 1.54) is 44.9 Å². The van der Waals surface area contributed by atoms with Gasteiger partial charge in [0.1, 0.15) is 0 Å². The largest absolute Gasteiger partial charge is 0.389 e. The van der Waals surface area contributed by atoms with E-state index >= 15 is 0 Å². The van der Waals surface area contributed by atoms with Crippen LogP contribution < -0.4 is 5.32 Å². The summed E-state index contributed by atoms with van der Waals surface area (Å²) >= 11 is 0. The second-order valence-corrected chi connectivity index (χ2v) is 8.67. The first kappa shape index (κ1) is 18.5. The maximum atomic E-state index is 10.2. The third-order valence-corrected chi connectivity index (χ3v) is 6.59. The number of aliphatic hydroxyl groups excluding tert-OH is 1. The molecule has 4 atom stereocenters. The molecule has 0 aromatic heterocycles. The zero-order valence-electron chi connectivity index (χ0n) is 14.4. The lowest BCUT2D eigenvalue weighted by Crippen LogP contribution is -2.45. The van der Waals surface area contributed by atoms with E-state index < -0.39 is 0 Å². The van der Waals surface area contributed by atoms with Crippen molar-refractivity contribution in [2.45, 2.75) is 84.0 Å². The van der Waals surface area contributed by atoms with Gasteiger partial charge >= 0.3 is 0 Å². The fraction of sp³-hybridized carbons (Fsp3) is 1.00. The van der Waals surface area contributed by atoms with Crippen LogP contribution in [0.15, 0.2) is 0 Å². The first-order valence-corrected chi connectivity index (χ1v) is 8.95. The minimum atomic E-state index is -0.371. The van der Waals surface area contributed by atoms with E-state index in [0.717, 1.165) is 5.92 Å². The van der Waals surface area contributed by atoms with Crippen LogP contribution in [-0.2, 0) is 4.74 Å². The average Bonchev–Trinajstić information content (AvgIpc) is 3.09. The molecular weight excluding hydrogens is 298 g/mol. The standard InChI is InChI=1S/C18H33NO2.ClH/c1-17(2)13-8-9-18(3,10-13)16(17)21-12-15(20)11-19-14-6-4-5-7-14;/h13-16,19-20H,4-12H2,1-3H3;1H. The minimum absolute atomic E-state index is 0. The molecule has 4 unspecified atom stereocenters. The van der Waals surface area contributed by atoms with Crippen LogP contribution in [0.3, 0.4) is 0 Å². The summed E-state index contributed by atoms with van der Waals surface area (Å²) in [5.41, 5.74) is 0.609. The van der Waals surface area contributed by atoms with Crippen LogP contribution in [0.5, 0.6) is 0 Å². The van der Waals surface area contributed by atoms with Crippen molar-refractivity contribution in [2.75, 3.05) is 13.2 Å². The molecule has 3 fully saturated rings. The van der Waals surface area contributed by atoms with Crippen LogP contribution in [0.25, 0.3) is 0 Å². The Morgan fingerprint density at radius 1 is 1.18 bits per heavy atom. The lowest BCUT2D eigenvalue weighted by Gasteiger charge is -2.42. The van der Waals surface area contributed by atoms with Crippen molar-refractivity contribution >= 4 is 12.4 Å². The Hall–Kier alpha value is 0.170. The third-order valence-electron chi connectivity index (χ3n) is 6.59. The molecule has 3 rings (SSSR count). The molecule has 0 amide bonds. The quantitative estimate of drug-likeness (QED) is 0.782. The summed E-state index contributed by atoms with van der Waals surface area (Å²) < 4.78 is 6.24. The Morgan fingerprint density at radius 3 is 2.45 bits per heavy atom. The van der Waals surface area contributed by atoms with Crippen molar-refractivity contribution in [3.05, 3.63) is 0 Å². The van der Waals surface area contributed by atoms with E-state index in [1.54, 1.807) is 0 Å². The van der Waals surface area contributed by atoms with Gasteiger partial charge in [-0.05, 0) is 48.9 Å². The third kappa shape index (κ3) is 3.48.